The maximum Gasteiger partial charge on any atom is 0.303 e. The molecule has 114 valence electrons. The van der Waals surface area contributed by atoms with Gasteiger partial charge in [-0.3, -0.25) is 4.79 Å². The molecular formula is C12H21N3O4S. The van der Waals surface area contributed by atoms with Gasteiger partial charge in [0, 0.05) is 25.7 Å². The Labute approximate surface area is 119 Å². The van der Waals surface area contributed by atoms with E-state index < -0.39 is 16.0 Å². The van der Waals surface area contributed by atoms with Crippen molar-refractivity contribution in [1.82, 2.24) is 14.3 Å². The van der Waals surface area contributed by atoms with E-state index in [0.717, 1.165) is 0 Å². The molecule has 1 atom stereocenters. The summed E-state index contributed by atoms with van der Waals surface area (Å²) in [5.74, 6) is -0.279. The maximum absolute atomic E-state index is 12.1. The van der Waals surface area contributed by atoms with Crippen LogP contribution in [0.3, 0.4) is 0 Å². The van der Waals surface area contributed by atoms with Crippen molar-refractivity contribution >= 4 is 16.0 Å². The van der Waals surface area contributed by atoms with Crippen LogP contribution in [-0.2, 0) is 21.4 Å². The molecule has 0 radical (unpaired) electrons. The molecule has 8 heteroatoms. The number of aliphatic carboxylic acids is 1. The summed E-state index contributed by atoms with van der Waals surface area (Å²) >= 11 is 0. The molecule has 0 aromatic carbocycles. The van der Waals surface area contributed by atoms with Crippen LogP contribution in [0.4, 0.5) is 0 Å². The number of carboxylic acid groups (broad SMARTS) is 1. The van der Waals surface area contributed by atoms with Crippen molar-refractivity contribution in [3.8, 4) is 0 Å². The minimum atomic E-state index is -3.64. The average Bonchev–Trinajstić information content (AvgIpc) is 2.76. The summed E-state index contributed by atoms with van der Waals surface area (Å²) in [5, 5.41) is 8.58. The van der Waals surface area contributed by atoms with Crippen LogP contribution in [0.2, 0.25) is 0 Å². The Morgan fingerprint density at radius 3 is 2.70 bits per heavy atom. The highest BCUT2D eigenvalue weighted by molar-refractivity contribution is 7.89. The highest BCUT2D eigenvalue weighted by Crippen LogP contribution is 2.10. The van der Waals surface area contributed by atoms with Gasteiger partial charge in [-0.1, -0.05) is 6.92 Å². The summed E-state index contributed by atoms with van der Waals surface area (Å²) in [6, 6.07) is 0. The fourth-order valence-electron chi connectivity index (χ4n) is 1.73. The molecule has 1 aromatic heterocycles. The number of hydrogen-bond acceptors (Lipinski definition) is 4. The fraction of sp³-hybridized carbons (Fsp3) is 0.667. The van der Waals surface area contributed by atoms with Gasteiger partial charge in [-0.2, -0.15) is 0 Å². The smallest absolute Gasteiger partial charge is 0.303 e. The number of hydrogen-bond donors (Lipinski definition) is 2. The van der Waals surface area contributed by atoms with Gasteiger partial charge in [0.15, 0.2) is 5.03 Å². The number of aryl methyl sites for hydroxylation is 2. The quantitative estimate of drug-likeness (QED) is 0.745. The first-order valence-electron chi connectivity index (χ1n) is 6.51. The van der Waals surface area contributed by atoms with Crippen molar-refractivity contribution in [3.63, 3.8) is 0 Å². The predicted octanol–water partition coefficient (Wildman–Crippen LogP) is 0.991. The lowest BCUT2D eigenvalue weighted by molar-refractivity contribution is -0.137. The number of sulfonamides is 1. The standard InChI is InChI=1S/C12H21N3O4S/c1-4-15-8-11(14-10(15)3)20(18,19)13-7-9(2)5-6-12(16)17/h8-9,13H,4-7H2,1-3H3,(H,16,17). The number of carbonyl (C=O) groups is 1. The van der Waals surface area contributed by atoms with Crippen molar-refractivity contribution in [2.24, 2.45) is 5.92 Å². The van der Waals surface area contributed by atoms with Crippen LogP contribution in [0.25, 0.3) is 0 Å². The fourth-order valence-corrected chi connectivity index (χ4v) is 2.90. The third kappa shape index (κ3) is 4.61. The van der Waals surface area contributed by atoms with Crippen molar-refractivity contribution in [2.75, 3.05) is 6.54 Å². The molecule has 0 saturated heterocycles. The number of nitrogens with one attached hydrogen (secondary N) is 1. The second kappa shape index (κ2) is 6.85. The van der Waals surface area contributed by atoms with Crippen LogP contribution in [0, 0.1) is 12.8 Å². The zero-order chi connectivity index (χ0) is 15.3. The molecule has 1 heterocycles. The highest BCUT2D eigenvalue weighted by atomic mass is 32.2. The largest absolute Gasteiger partial charge is 0.481 e. The second-order valence-electron chi connectivity index (χ2n) is 4.80. The van der Waals surface area contributed by atoms with Crippen LogP contribution in [-0.4, -0.2) is 35.6 Å². The molecule has 0 amide bonds. The van der Waals surface area contributed by atoms with Gasteiger partial charge in [-0.25, -0.2) is 18.1 Å². The van der Waals surface area contributed by atoms with E-state index in [1.165, 1.54) is 6.20 Å². The number of imidazole rings is 1. The highest BCUT2D eigenvalue weighted by Gasteiger charge is 2.19. The molecule has 0 spiro atoms. The van der Waals surface area contributed by atoms with Crippen molar-refractivity contribution in [2.45, 2.75) is 45.2 Å². The Kier molecular flexibility index (Phi) is 5.70. The number of rotatable bonds is 8. The lowest BCUT2D eigenvalue weighted by atomic mass is 10.1. The Bertz CT molecular complexity index is 565. The summed E-state index contributed by atoms with van der Waals surface area (Å²) in [4.78, 5) is 14.5. The van der Waals surface area contributed by atoms with E-state index in [1.54, 1.807) is 18.4 Å². The number of aromatic nitrogens is 2. The van der Waals surface area contributed by atoms with Gasteiger partial charge in [0.1, 0.15) is 5.82 Å². The molecule has 0 aliphatic heterocycles. The molecule has 0 aliphatic carbocycles. The predicted molar refractivity (Wildman–Crippen MR) is 73.9 cm³/mol. The third-order valence-corrected chi connectivity index (χ3v) is 4.34. The zero-order valence-corrected chi connectivity index (χ0v) is 12.8. The molecule has 0 bridgehead atoms. The molecule has 7 nitrogen and oxygen atoms in total. The average molecular weight is 303 g/mol. The summed E-state index contributed by atoms with van der Waals surface area (Å²) in [6.45, 7) is 6.32. The monoisotopic (exact) mass is 303 g/mol. The molecule has 1 unspecified atom stereocenters. The Morgan fingerprint density at radius 2 is 2.20 bits per heavy atom. The second-order valence-corrected chi connectivity index (χ2v) is 6.52. The lowest BCUT2D eigenvalue weighted by Crippen LogP contribution is -2.29. The first kappa shape index (κ1) is 16.6. The lowest BCUT2D eigenvalue weighted by Gasteiger charge is -2.10. The summed E-state index contributed by atoms with van der Waals surface area (Å²) in [5.41, 5.74) is 0. The van der Waals surface area contributed by atoms with Crippen molar-refractivity contribution in [1.29, 1.82) is 0 Å². The van der Waals surface area contributed by atoms with Crippen LogP contribution in [0.15, 0.2) is 11.2 Å². The minimum Gasteiger partial charge on any atom is -0.481 e. The van der Waals surface area contributed by atoms with Crippen LogP contribution < -0.4 is 4.72 Å². The Morgan fingerprint density at radius 1 is 1.55 bits per heavy atom. The van der Waals surface area contributed by atoms with Gasteiger partial charge < -0.3 is 9.67 Å². The molecule has 0 fully saturated rings. The zero-order valence-electron chi connectivity index (χ0n) is 12.0. The summed E-state index contributed by atoms with van der Waals surface area (Å²) in [7, 11) is -3.64. The molecule has 0 saturated carbocycles. The Hall–Kier alpha value is -1.41. The van der Waals surface area contributed by atoms with Gasteiger partial charge in [-0.05, 0) is 26.2 Å². The summed E-state index contributed by atoms with van der Waals surface area (Å²) in [6.07, 6.45) is 1.96. The number of nitrogens with zero attached hydrogens (tertiary/aromatic N) is 2. The first-order valence-corrected chi connectivity index (χ1v) is 7.99. The minimum absolute atomic E-state index is 0.00212. The number of carboxylic acids is 1. The van der Waals surface area contributed by atoms with Gasteiger partial charge in [-0.15, -0.1) is 0 Å². The van der Waals surface area contributed by atoms with Crippen molar-refractivity contribution < 1.29 is 18.3 Å². The topological polar surface area (TPSA) is 101 Å². The van der Waals surface area contributed by atoms with E-state index in [4.69, 9.17) is 5.11 Å². The van der Waals surface area contributed by atoms with Crippen LogP contribution in [0.5, 0.6) is 0 Å². The Balaban J connectivity index is 2.63. The van der Waals surface area contributed by atoms with Gasteiger partial charge in [0.05, 0.1) is 0 Å². The van der Waals surface area contributed by atoms with E-state index in [0.29, 0.717) is 18.8 Å². The molecule has 1 rings (SSSR count). The van der Waals surface area contributed by atoms with Crippen LogP contribution >= 0.6 is 0 Å². The van der Waals surface area contributed by atoms with E-state index in [1.807, 2.05) is 6.92 Å². The first-order chi connectivity index (χ1) is 9.26. The van der Waals surface area contributed by atoms with Gasteiger partial charge in [0.2, 0.25) is 0 Å². The molecule has 2 N–H and O–H groups in total. The molecule has 1 aromatic rings. The summed E-state index contributed by atoms with van der Waals surface area (Å²) < 4.78 is 28.3. The maximum atomic E-state index is 12.1. The molecular weight excluding hydrogens is 282 g/mol. The van der Waals surface area contributed by atoms with E-state index >= 15 is 0 Å². The van der Waals surface area contributed by atoms with Crippen LogP contribution in [0.1, 0.15) is 32.5 Å². The third-order valence-electron chi connectivity index (χ3n) is 3.04. The van der Waals surface area contributed by atoms with Gasteiger partial charge >= 0.3 is 5.97 Å². The normalized spacial score (nSPS) is 13.3. The van der Waals surface area contributed by atoms with Crippen molar-refractivity contribution in [3.05, 3.63) is 12.0 Å². The SMILES string of the molecule is CCn1cc(S(=O)(=O)NCC(C)CCC(=O)O)nc1C. The van der Waals surface area contributed by atoms with E-state index in [-0.39, 0.29) is 23.9 Å². The van der Waals surface area contributed by atoms with E-state index in [2.05, 4.69) is 9.71 Å². The molecule has 20 heavy (non-hydrogen) atoms. The van der Waals surface area contributed by atoms with E-state index in [9.17, 15) is 13.2 Å². The van der Waals surface area contributed by atoms with Gasteiger partial charge in [0.25, 0.3) is 10.0 Å². The molecule has 0 aliphatic rings.